The molecule has 1 atom stereocenters. The lowest BCUT2D eigenvalue weighted by atomic mass is 9.99. The van der Waals surface area contributed by atoms with Crippen LogP contribution in [0.25, 0.3) is 0 Å². The Balaban J connectivity index is 2.31. The molecule has 0 spiro atoms. The van der Waals surface area contributed by atoms with Gasteiger partial charge in [0.2, 0.25) is 0 Å². The Bertz CT molecular complexity index is 371. The smallest absolute Gasteiger partial charge is 0.131 e. The van der Waals surface area contributed by atoms with E-state index in [1.807, 2.05) is 6.20 Å². The van der Waals surface area contributed by atoms with Crippen LogP contribution in [0.5, 0.6) is 0 Å². The maximum atomic E-state index is 4.56. The van der Waals surface area contributed by atoms with Gasteiger partial charge in [-0.05, 0) is 42.4 Å². The lowest BCUT2D eigenvalue weighted by Crippen LogP contribution is -2.21. The number of aromatic nitrogens is 1. The van der Waals surface area contributed by atoms with Crippen LogP contribution >= 0.6 is 0 Å². The molecule has 1 unspecified atom stereocenters. The van der Waals surface area contributed by atoms with E-state index in [4.69, 9.17) is 0 Å². The van der Waals surface area contributed by atoms with Crippen molar-refractivity contribution in [1.82, 2.24) is 4.98 Å². The Labute approximate surface area is 98.7 Å². The molecular formula is C14H22N2. The van der Waals surface area contributed by atoms with Crippen molar-refractivity contribution in [3.8, 4) is 0 Å². The first-order valence-corrected chi connectivity index (χ1v) is 6.30. The fraction of sp³-hybridized carbons (Fsp3) is 0.643. The summed E-state index contributed by atoms with van der Waals surface area (Å²) < 4.78 is 0. The van der Waals surface area contributed by atoms with Crippen LogP contribution in [-0.2, 0) is 0 Å². The van der Waals surface area contributed by atoms with Gasteiger partial charge >= 0.3 is 0 Å². The van der Waals surface area contributed by atoms with Crippen molar-refractivity contribution >= 4 is 5.82 Å². The minimum Gasteiger partial charge on any atom is -0.356 e. The van der Waals surface area contributed by atoms with E-state index in [-0.39, 0.29) is 0 Å². The van der Waals surface area contributed by atoms with E-state index in [1.165, 1.54) is 23.4 Å². The van der Waals surface area contributed by atoms with Gasteiger partial charge in [-0.25, -0.2) is 4.98 Å². The molecule has 0 radical (unpaired) electrons. The van der Waals surface area contributed by atoms with Gasteiger partial charge in [-0.2, -0.15) is 0 Å². The summed E-state index contributed by atoms with van der Waals surface area (Å²) >= 11 is 0. The van der Waals surface area contributed by atoms with Crippen molar-refractivity contribution in [2.24, 2.45) is 5.92 Å². The molecule has 0 aliphatic carbocycles. The largest absolute Gasteiger partial charge is 0.356 e. The number of hydrogen-bond acceptors (Lipinski definition) is 2. The van der Waals surface area contributed by atoms with Gasteiger partial charge in [0.15, 0.2) is 0 Å². The molecule has 2 heteroatoms. The van der Waals surface area contributed by atoms with Gasteiger partial charge in [-0.15, -0.1) is 0 Å². The highest BCUT2D eigenvalue weighted by atomic mass is 15.2. The fourth-order valence-corrected chi connectivity index (χ4v) is 2.61. The lowest BCUT2D eigenvalue weighted by molar-refractivity contribution is 0.658. The van der Waals surface area contributed by atoms with Crippen molar-refractivity contribution in [2.45, 2.75) is 40.0 Å². The third kappa shape index (κ3) is 2.06. The molecule has 1 aliphatic heterocycles. The van der Waals surface area contributed by atoms with Crippen LogP contribution in [0.1, 0.15) is 44.2 Å². The predicted octanol–water partition coefficient (Wildman–Crippen LogP) is 3.36. The van der Waals surface area contributed by atoms with Crippen molar-refractivity contribution in [3.63, 3.8) is 0 Å². The van der Waals surface area contributed by atoms with Crippen LogP contribution < -0.4 is 4.90 Å². The summed E-state index contributed by atoms with van der Waals surface area (Å²) in [6, 6.07) is 2.16. The van der Waals surface area contributed by atoms with E-state index in [2.05, 4.69) is 43.6 Å². The topological polar surface area (TPSA) is 16.1 Å². The molecule has 1 fully saturated rings. The van der Waals surface area contributed by atoms with Gasteiger partial charge in [0, 0.05) is 19.3 Å². The number of nitrogens with zero attached hydrogens (tertiary/aromatic N) is 2. The highest BCUT2D eigenvalue weighted by Gasteiger charge is 2.22. The third-order valence-corrected chi connectivity index (χ3v) is 3.56. The van der Waals surface area contributed by atoms with Crippen LogP contribution in [0.15, 0.2) is 12.3 Å². The fourth-order valence-electron chi connectivity index (χ4n) is 2.61. The molecule has 0 N–H and O–H groups in total. The summed E-state index contributed by atoms with van der Waals surface area (Å²) in [6.45, 7) is 11.4. The van der Waals surface area contributed by atoms with Crippen LogP contribution in [-0.4, -0.2) is 18.1 Å². The molecule has 0 bridgehead atoms. The van der Waals surface area contributed by atoms with Crippen molar-refractivity contribution < 1.29 is 0 Å². The SMILES string of the molecule is Cc1c(C(C)C)ccnc1N1CCC(C)C1. The molecule has 1 aliphatic rings. The monoisotopic (exact) mass is 218 g/mol. The number of anilines is 1. The molecule has 16 heavy (non-hydrogen) atoms. The number of hydrogen-bond donors (Lipinski definition) is 0. The average Bonchev–Trinajstić information content (AvgIpc) is 2.64. The minimum absolute atomic E-state index is 0.585. The number of pyridine rings is 1. The van der Waals surface area contributed by atoms with E-state index >= 15 is 0 Å². The van der Waals surface area contributed by atoms with Gasteiger partial charge < -0.3 is 4.90 Å². The molecule has 0 amide bonds. The second-order valence-electron chi connectivity index (χ2n) is 5.34. The average molecular weight is 218 g/mol. The summed E-state index contributed by atoms with van der Waals surface area (Å²) in [5, 5.41) is 0. The molecule has 1 aromatic heterocycles. The third-order valence-electron chi connectivity index (χ3n) is 3.56. The predicted molar refractivity (Wildman–Crippen MR) is 69.1 cm³/mol. The van der Waals surface area contributed by atoms with Gasteiger partial charge in [-0.3, -0.25) is 0 Å². The maximum absolute atomic E-state index is 4.56. The zero-order valence-corrected chi connectivity index (χ0v) is 10.8. The zero-order chi connectivity index (χ0) is 11.7. The summed E-state index contributed by atoms with van der Waals surface area (Å²) in [7, 11) is 0. The van der Waals surface area contributed by atoms with E-state index in [0.717, 1.165) is 19.0 Å². The molecule has 0 saturated carbocycles. The summed E-state index contributed by atoms with van der Waals surface area (Å²) in [4.78, 5) is 7.00. The minimum atomic E-state index is 0.585. The van der Waals surface area contributed by atoms with Gasteiger partial charge in [0.05, 0.1) is 0 Å². The Kier molecular flexibility index (Phi) is 3.17. The second-order valence-corrected chi connectivity index (χ2v) is 5.34. The van der Waals surface area contributed by atoms with Crippen LogP contribution in [0.2, 0.25) is 0 Å². The molecule has 2 heterocycles. The maximum Gasteiger partial charge on any atom is 0.131 e. The first-order valence-electron chi connectivity index (χ1n) is 6.30. The van der Waals surface area contributed by atoms with Crippen LogP contribution in [0, 0.1) is 12.8 Å². The van der Waals surface area contributed by atoms with Crippen molar-refractivity contribution in [2.75, 3.05) is 18.0 Å². The Morgan fingerprint density at radius 1 is 1.44 bits per heavy atom. The van der Waals surface area contributed by atoms with Crippen LogP contribution in [0.3, 0.4) is 0 Å². The molecule has 2 rings (SSSR count). The second kappa shape index (κ2) is 4.44. The van der Waals surface area contributed by atoms with Gasteiger partial charge in [0.25, 0.3) is 0 Å². The number of rotatable bonds is 2. The molecule has 88 valence electrons. The van der Waals surface area contributed by atoms with E-state index in [1.54, 1.807) is 0 Å². The van der Waals surface area contributed by atoms with E-state index in [9.17, 15) is 0 Å². The normalized spacial score (nSPS) is 20.8. The highest BCUT2D eigenvalue weighted by Crippen LogP contribution is 2.29. The standard InChI is InChI=1S/C14H22N2/c1-10(2)13-5-7-15-14(12(13)4)16-8-6-11(3)9-16/h5,7,10-11H,6,8-9H2,1-4H3. The first-order chi connectivity index (χ1) is 7.59. The van der Waals surface area contributed by atoms with Gasteiger partial charge in [0.1, 0.15) is 5.82 Å². The zero-order valence-electron chi connectivity index (χ0n) is 10.8. The Morgan fingerprint density at radius 2 is 2.19 bits per heavy atom. The molecule has 2 nitrogen and oxygen atoms in total. The first kappa shape index (κ1) is 11.4. The Hall–Kier alpha value is -1.05. The van der Waals surface area contributed by atoms with Crippen molar-refractivity contribution in [1.29, 1.82) is 0 Å². The summed E-state index contributed by atoms with van der Waals surface area (Å²) in [5.74, 6) is 2.60. The van der Waals surface area contributed by atoms with Crippen LogP contribution in [0.4, 0.5) is 5.82 Å². The summed E-state index contributed by atoms with van der Waals surface area (Å²) in [5.41, 5.74) is 2.80. The Morgan fingerprint density at radius 3 is 2.75 bits per heavy atom. The summed E-state index contributed by atoms with van der Waals surface area (Å²) in [6.07, 6.45) is 3.26. The van der Waals surface area contributed by atoms with Gasteiger partial charge in [-0.1, -0.05) is 20.8 Å². The van der Waals surface area contributed by atoms with E-state index in [0.29, 0.717) is 5.92 Å². The van der Waals surface area contributed by atoms with Crippen molar-refractivity contribution in [3.05, 3.63) is 23.4 Å². The molecular weight excluding hydrogens is 196 g/mol. The molecule has 0 aromatic carbocycles. The van der Waals surface area contributed by atoms with E-state index < -0.39 is 0 Å². The molecule has 1 aromatic rings. The molecule has 1 saturated heterocycles. The highest BCUT2D eigenvalue weighted by molar-refractivity contribution is 5.51. The quantitative estimate of drug-likeness (QED) is 0.756. The lowest BCUT2D eigenvalue weighted by Gasteiger charge is -2.21.